The number of hydrogen-bond donors (Lipinski definition) is 2. The summed E-state index contributed by atoms with van der Waals surface area (Å²) in [6.07, 6.45) is 3.36. The van der Waals surface area contributed by atoms with E-state index in [-0.39, 0.29) is 18.5 Å². The summed E-state index contributed by atoms with van der Waals surface area (Å²) in [5.41, 5.74) is 1.86. The Bertz CT molecular complexity index is 487. The third kappa shape index (κ3) is 3.69. The minimum atomic E-state index is -0.863. The van der Waals surface area contributed by atoms with Gasteiger partial charge in [-0.3, -0.25) is 9.78 Å². The Balaban J connectivity index is 1.87. The minimum absolute atomic E-state index is 0.0134. The summed E-state index contributed by atoms with van der Waals surface area (Å²) in [6.45, 7) is 2.93. The van der Waals surface area contributed by atoms with Crippen LogP contribution in [0.1, 0.15) is 30.5 Å². The standard InChI is InChI=1S/C14H19N3O3/c1-10-4-5-11(8-15-10)9-16-14(20)17-6-2-3-12(17)7-13(18)19/h4-5,8,12H,2-3,6-7,9H2,1H3,(H,16,20)(H,18,19). The smallest absolute Gasteiger partial charge is 0.317 e. The molecule has 6 heteroatoms. The number of aryl methyl sites for hydroxylation is 1. The van der Waals surface area contributed by atoms with Gasteiger partial charge < -0.3 is 15.3 Å². The lowest BCUT2D eigenvalue weighted by molar-refractivity contribution is -0.137. The second kappa shape index (κ2) is 6.36. The summed E-state index contributed by atoms with van der Waals surface area (Å²) >= 11 is 0. The van der Waals surface area contributed by atoms with Crippen molar-refractivity contribution in [1.29, 1.82) is 0 Å². The van der Waals surface area contributed by atoms with Crippen LogP contribution in [0.25, 0.3) is 0 Å². The van der Waals surface area contributed by atoms with E-state index in [9.17, 15) is 9.59 Å². The van der Waals surface area contributed by atoms with Gasteiger partial charge in [-0.2, -0.15) is 0 Å². The number of pyridine rings is 1. The van der Waals surface area contributed by atoms with Gasteiger partial charge in [0.15, 0.2) is 0 Å². The molecule has 1 fully saturated rings. The van der Waals surface area contributed by atoms with Crippen molar-refractivity contribution in [1.82, 2.24) is 15.2 Å². The molecule has 6 nitrogen and oxygen atoms in total. The zero-order chi connectivity index (χ0) is 14.5. The molecule has 1 aromatic rings. The number of nitrogens with one attached hydrogen (secondary N) is 1. The van der Waals surface area contributed by atoms with E-state index < -0.39 is 5.97 Å². The van der Waals surface area contributed by atoms with Crippen LogP contribution in [-0.4, -0.2) is 39.6 Å². The molecule has 1 saturated heterocycles. The molecule has 0 aromatic carbocycles. The second-order valence-corrected chi connectivity index (χ2v) is 5.05. The molecule has 2 heterocycles. The van der Waals surface area contributed by atoms with Gasteiger partial charge in [0, 0.05) is 31.0 Å². The first kappa shape index (κ1) is 14.3. The number of aliphatic carboxylic acids is 1. The van der Waals surface area contributed by atoms with E-state index >= 15 is 0 Å². The van der Waals surface area contributed by atoms with E-state index in [0.29, 0.717) is 13.1 Å². The van der Waals surface area contributed by atoms with Crippen molar-refractivity contribution in [2.24, 2.45) is 0 Å². The number of carbonyl (C=O) groups is 2. The number of carboxylic acids is 1. The number of carbonyl (C=O) groups excluding carboxylic acids is 1. The van der Waals surface area contributed by atoms with Crippen LogP contribution in [0.2, 0.25) is 0 Å². The number of carboxylic acid groups (broad SMARTS) is 1. The van der Waals surface area contributed by atoms with Crippen molar-refractivity contribution in [3.8, 4) is 0 Å². The maximum absolute atomic E-state index is 12.1. The van der Waals surface area contributed by atoms with Crippen LogP contribution in [0.15, 0.2) is 18.3 Å². The fourth-order valence-electron chi connectivity index (χ4n) is 2.40. The fraction of sp³-hybridized carbons (Fsp3) is 0.500. The number of hydrogen-bond acceptors (Lipinski definition) is 3. The molecule has 0 saturated carbocycles. The predicted octanol–water partition coefficient (Wildman–Crippen LogP) is 1.54. The Morgan fingerprint density at radius 3 is 2.95 bits per heavy atom. The number of aromatic nitrogens is 1. The van der Waals surface area contributed by atoms with Crippen LogP contribution in [-0.2, 0) is 11.3 Å². The molecular weight excluding hydrogens is 258 g/mol. The normalized spacial score (nSPS) is 18.1. The first-order valence-corrected chi connectivity index (χ1v) is 6.74. The monoisotopic (exact) mass is 277 g/mol. The zero-order valence-corrected chi connectivity index (χ0v) is 11.5. The Hall–Kier alpha value is -2.11. The van der Waals surface area contributed by atoms with E-state index in [1.165, 1.54) is 0 Å². The summed E-state index contributed by atoms with van der Waals surface area (Å²) in [5, 5.41) is 11.7. The van der Waals surface area contributed by atoms with E-state index in [4.69, 9.17) is 5.11 Å². The lowest BCUT2D eigenvalue weighted by Crippen LogP contribution is -2.43. The number of urea groups is 1. The van der Waals surface area contributed by atoms with Crippen LogP contribution < -0.4 is 5.32 Å². The Kier molecular flexibility index (Phi) is 4.55. The quantitative estimate of drug-likeness (QED) is 0.874. The summed E-state index contributed by atoms with van der Waals surface area (Å²) in [5.74, 6) is -0.863. The highest BCUT2D eigenvalue weighted by Gasteiger charge is 2.30. The summed E-state index contributed by atoms with van der Waals surface area (Å²) in [6, 6.07) is 3.42. The molecule has 1 aliphatic rings. The van der Waals surface area contributed by atoms with Crippen molar-refractivity contribution >= 4 is 12.0 Å². The van der Waals surface area contributed by atoms with Crippen molar-refractivity contribution in [3.63, 3.8) is 0 Å². The third-order valence-electron chi connectivity index (χ3n) is 3.46. The maximum Gasteiger partial charge on any atom is 0.317 e. The molecule has 2 N–H and O–H groups in total. The highest BCUT2D eigenvalue weighted by molar-refractivity contribution is 5.76. The van der Waals surface area contributed by atoms with Gasteiger partial charge >= 0.3 is 12.0 Å². The van der Waals surface area contributed by atoms with Crippen LogP contribution in [0.3, 0.4) is 0 Å². The molecule has 1 aromatic heterocycles. The highest BCUT2D eigenvalue weighted by Crippen LogP contribution is 2.20. The second-order valence-electron chi connectivity index (χ2n) is 5.05. The molecule has 2 rings (SSSR count). The topological polar surface area (TPSA) is 82.5 Å². The molecule has 0 aliphatic carbocycles. The van der Waals surface area contributed by atoms with Crippen molar-refractivity contribution in [3.05, 3.63) is 29.6 Å². The van der Waals surface area contributed by atoms with Crippen LogP contribution in [0.4, 0.5) is 4.79 Å². The molecule has 0 radical (unpaired) electrons. The molecule has 1 unspecified atom stereocenters. The fourth-order valence-corrected chi connectivity index (χ4v) is 2.40. The molecule has 1 atom stereocenters. The first-order chi connectivity index (χ1) is 9.56. The number of likely N-dealkylation sites (tertiary alicyclic amines) is 1. The Morgan fingerprint density at radius 1 is 1.50 bits per heavy atom. The van der Waals surface area contributed by atoms with Crippen LogP contribution >= 0.6 is 0 Å². The van der Waals surface area contributed by atoms with Crippen LogP contribution in [0.5, 0.6) is 0 Å². The van der Waals surface area contributed by atoms with Gasteiger partial charge in [-0.15, -0.1) is 0 Å². The first-order valence-electron chi connectivity index (χ1n) is 6.74. The van der Waals surface area contributed by atoms with Gasteiger partial charge in [0.25, 0.3) is 0 Å². The Labute approximate surface area is 117 Å². The third-order valence-corrected chi connectivity index (χ3v) is 3.46. The summed E-state index contributed by atoms with van der Waals surface area (Å²) in [4.78, 5) is 28.6. The molecule has 0 bridgehead atoms. The van der Waals surface area contributed by atoms with Gasteiger partial charge in [0.2, 0.25) is 0 Å². The molecular formula is C14H19N3O3. The van der Waals surface area contributed by atoms with E-state index in [0.717, 1.165) is 24.1 Å². The van der Waals surface area contributed by atoms with Gasteiger partial charge in [-0.1, -0.05) is 6.07 Å². The van der Waals surface area contributed by atoms with E-state index in [2.05, 4.69) is 10.3 Å². The van der Waals surface area contributed by atoms with E-state index in [1.54, 1.807) is 11.1 Å². The lowest BCUT2D eigenvalue weighted by Gasteiger charge is -2.23. The Morgan fingerprint density at radius 2 is 2.30 bits per heavy atom. The molecule has 20 heavy (non-hydrogen) atoms. The van der Waals surface area contributed by atoms with Gasteiger partial charge in [0.05, 0.1) is 6.42 Å². The number of rotatable bonds is 4. The highest BCUT2D eigenvalue weighted by atomic mass is 16.4. The van der Waals surface area contributed by atoms with E-state index in [1.807, 2.05) is 19.1 Å². The van der Waals surface area contributed by atoms with Crippen molar-refractivity contribution in [2.45, 2.75) is 38.8 Å². The average molecular weight is 277 g/mol. The lowest BCUT2D eigenvalue weighted by atomic mass is 10.1. The van der Waals surface area contributed by atoms with Gasteiger partial charge in [-0.05, 0) is 31.4 Å². The SMILES string of the molecule is Cc1ccc(CNC(=O)N2CCCC2CC(=O)O)cn1. The number of amides is 2. The minimum Gasteiger partial charge on any atom is -0.481 e. The largest absolute Gasteiger partial charge is 0.481 e. The molecule has 2 amide bonds. The zero-order valence-electron chi connectivity index (χ0n) is 11.5. The van der Waals surface area contributed by atoms with Crippen molar-refractivity contribution in [2.75, 3.05) is 6.54 Å². The average Bonchev–Trinajstić information content (AvgIpc) is 2.85. The molecule has 0 spiro atoms. The summed E-state index contributed by atoms with van der Waals surface area (Å²) in [7, 11) is 0. The van der Waals surface area contributed by atoms with Gasteiger partial charge in [-0.25, -0.2) is 4.79 Å². The maximum atomic E-state index is 12.1. The molecule has 1 aliphatic heterocycles. The van der Waals surface area contributed by atoms with Gasteiger partial charge in [0.1, 0.15) is 0 Å². The predicted molar refractivity (Wildman–Crippen MR) is 73.2 cm³/mol. The van der Waals surface area contributed by atoms with Crippen molar-refractivity contribution < 1.29 is 14.7 Å². The number of nitrogens with zero attached hydrogens (tertiary/aromatic N) is 2. The molecule has 108 valence electrons. The summed E-state index contributed by atoms with van der Waals surface area (Å²) < 4.78 is 0. The van der Waals surface area contributed by atoms with Crippen LogP contribution in [0, 0.1) is 6.92 Å².